The molecule has 2 heterocycles. The second kappa shape index (κ2) is 5.99. The lowest BCUT2D eigenvalue weighted by molar-refractivity contribution is 0.0951. The first-order valence-corrected chi connectivity index (χ1v) is 6.15. The van der Waals surface area contributed by atoms with E-state index in [1.807, 2.05) is 32.3 Å². The van der Waals surface area contributed by atoms with Gasteiger partial charge < -0.3 is 10.6 Å². The molecule has 0 unspecified atom stereocenters. The van der Waals surface area contributed by atoms with Crippen LogP contribution in [-0.4, -0.2) is 27.2 Å². The van der Waals surface area contributed by atoms with Crippen LogP contribution in [0.4, 0.5) is 5.69 Å². The Hall–Kier alpha value is -2.37. The predicted molar refractivity (Wildman–Crippen MR) is 72.8 cm³/mol. The lowest BCUT2D eigenvalue weighted by Crippen LogP contribution is -2.23. The Balaban J connectivity index is 2.00. The molecule has 0 atom stereocenters. The second-order valence-corrected chi connectivity index (χ2v) is 4.12. The molecule has 0 aliphatic carbocycles. The molecule has 6 heteroatoms. The quantitative estimate of drug-likeness (QED) is 0.845. The van der Waals surface area contributed by atoms with Crippen LogP contribution in [0.25, 0.3) is 0 Å². The topological polar surface area (TPSA) is 71.8 Å². The van der Waals surface area contributed by atoms with Gasteiger partial charge in [-0.25, -0.2) is 0 Å². The number of nitrogens with one attached hydrogen (secondary N) is 2. The van der Waals surface area contributed by atoms with Crippen LogP contribution in [0, 0.1) is 0 Å². The number of rotatable bonds is 5. The van der Waals surface area contributed by atoms with Crippen LogP contribution in [0.2, 0.25) is 0 Å². The Bertz CT molecular complexity index is 564. The van der Waals surface area contributed by atoms with Crippen LogP contribution >= 0.6 is 0 Å². The van der Waals surface area contributed by atoms with Gasteiger partial charge in [0, 0.05) is 31.7 Å². The van der Waals surface area contributed by atoms with Crippen molar-refractivity contribution in [3.8, 4) is 0 Å². The number of carbonyl (C=O) groups is 1. The van der Waals surface area contributed by atoms with Gasteiger partial charge in [0.15, 0.2) is 0 Å². The minimum absolute atomic E-state index is 0.163. The van der Waals surface area contributed by atoms with Crippen molar-refractivity contribution in [3.63, 3.8) is 0 Å². The molecule has 2 aromatic heterocycles. The van der Waals surface area contributed by atoms with Gasteiger partial charge in [0.05, 0.1) is 12.2 Å². The fraction of sp³-hybridized carbons (Fsp3) is 0.308. The first kappa shape index (κ1) is 13.1. The van der Waals surface area contributed by atoms with E-state index in [1.165, 1.54) is 0 Å². The number of pyridine rings is 1. The zero-order chi connectivity index (χ0) is 13.7. The number of amides is 1. The summed E-state index contributed by atoms with van der Waals surface area (Å²) in [6, 6.07) is 5.50. The summed E-state index contributed by atoms with van der Waals surface area (Å²) in [6.45, 7) is 3.08. The average molecular weight is 259 g/mol. The molecule has 0 radical (unpaired) electrons. The molecule has 100 valence electrons. The highest BCUT2D eigenvalue weighted by Crippen LogP contribution is 2.09. The summed E-state index contributed by atoms with van der Waals surface area (Å²) < 4.78 is 1.75. The van der Waals surface area contributed by atoms with Crippen molar-refractivity contribution in [1.29, 1.82) is 0 Å². The largest absolute Gasteiger partial charge is 0.379 e. The molecule has 2 rings (SSSR count). The molecule has 2 N–H and O–H groups in total. The minimum atomic E-state index is -0.163. The van der Waals surface area contributed by atoms with E-state index in [1.54, 1.807) is 16.9 Å². The second-order valence-electron chi connectivity index (χ2n) is 4.12. The Labute approximate surface area is 111 Å². The SMILES string of the molecule is CCNC(=O)c1cc(NCc2ccn(C)n2)ccn1. The van der Waals surface area contributed by atoms with Gasteiger partial charge in [-0.15, -0.1) is 0 Å². The van der Waals surface area contributed by atoms with Crippen molar-refractivity contribution in [1.82, 2.24) is 20.1 Å². The molecular formula is C13H17N5O. The van der Waals surface area contributed by atoms with Crippen LogP contribution in [0.15, 0.2) is 30.6 Å². The van der Waals surface area contributed by atoms with Crippen molar-refractivity contribution in [2.75, 3.05) is 11.9 Å². The third-order valence-electron chi connectivity index (χ3n) is 2.57. The normalized spacial score (nSPS) is 10.2. The lowest BCUT2D eigenvalue weighted by Gasteiger charge is -2.06. The molecule has 19 heavy (non-hydrogen) atoms. The van der Waals surface area contributed by atoms with E-state index in [4.69, 9.17) is 0 Å². The molecule has 6 nitrogen and oxygen atoms in total. The molecule has 0 aromatic carbocycles. The van der Waals surface area contributed by atoms with Gasteiger partial charge >= 0.3 is 0 Å². The maximum Gasteiger partial charge on any atom is 0.269 e. The van der Waals surface area contributed by atoms with Crippen molar-refractivity contribution < 1.29 is 4.79 Å². The van der Waals surface area contributed by atoms with Crippen molar-refractivity contribution in [2.24, 2.45) is 7.05 Å². The first-order valence-electron chi connectivity index (χ1n) is 6.15. The fourth-order valence-electron chi connectivity index (χ4n) is 1.67. The number of aryl methyl sites for hydroxylation is 1. The summed E-state index contributed by atoms with van der Waals surface area (Å²) in [5.41, 5.74) is 2.20. The molecule has 0 fully saturated rings. The number of hydrogen-bond donors (Lipinski definition) is 2. The maximum absolute atomic E-state index is 11.7. The van der Waals surface area contributed by atoms with Crippen LogP contribution in [-0.2, 0) is 13.6 Å². The number of carbonyl (C=O) groups excluding carboxylic acids is 1. The molecule has 2 aromatic rings. The van der Waals surface area contributed by atoms with Gasteiger partial charge in [-0.1, -0.05) is 0 Å². The molecule has 0 saturated heterocycles. The van der Waals surface area contributed by atoms with E-state index in [-0.39, 0.29) is 5.91 Å². The smallest absolute Gasteiger partial charge is 0.269 e. The Kier molecular flexibility index (Phi) is 4.12. The highest BCUT2D eigenvalue weighted by Gasteiger charge is 2.06. The van der Waals surface area contributed by atoms with Crippen LogP contribution in [0.3, 0.4) is 0 Å². The van der Waals surface area contributed by atoms with Crippen LogP contribution in [0.1, 0.15) is 23.1 Å². The first-order chi connectivity index (χ1) is 9.19. The Morgan fingerprint density at radius 2 is 2.26 bits per heavy atom. The number of nitrogens with zero attached hydrogens (tertiary/aromatic N) is 3. The minimum Gasteiger partial charge on any atom is -0.379 e. The summed E-state index contributed by atoms with van der Waals surface area (Å²) in [7, 11) is 1.88. The lowest BCUT2D eigenvalue weighted by atomic mass is 10.3. The third kappa shape index (κ3) is 3.54. The van der Waals surface area contributed by atoms with Gasteiger partial charge in [-0.3, -0.25) is 14.5 Å². The Morgan fingerprint density at radius 1 is 1.42 bits per heavy atom. The summed E-state index contributed by atoms with van der Waals surface area (Å²) in [4.78, 5) is 15.7. The molecule has 0 aliphatic heterocycles. The summed E-state index contributed by atoms with van der Waals surface area (Å²) >= 11 is 0. The molecular weight excluding hydrogens is 242 g/mol. The highest BCUT2D eigenvalue weighted by molar-refractivity contribution is 5.93. The van der Waals surface area contributed by atoms with Crippen molar-refractivity contribution >= 4 is 11.6 Å². The summed E-state index contributed by atoms with van der Waals surface area (Å²) in [5, 5.41) is 10.2. The van der Waals surface area contributed by atoms with E-state index < -0.39 is 0 Å². The predicted octanol–water partition coefficient (Wildman–Crippen LogP) is 1.18. The maximum atomic E-state index is 11.7. The van der Waals surface area contributed by atoms with Gasteiger partial charge in [0.2, 0.25) is 0 Å². The number of anilines is 1. The zero-order valence-corrected chi connectivity index (χ0v) is 11.1. The highest BCUT2D eigenvalue weighted by atomic mass is 16.1. The van der Waals surface area contributed by atoms with E-state index in [9.17, 15) is 4.79 Å². The standard InChI is InChI=1S/C13H17N5O/c1-3-14-13(19)12-8-10(4-6-15-12)16-9-11-5-7-18(2)17-11/h4-8H,3,9H2,1-2H3,(H,14,19)(H,15,16). The molecule has 0 saturated carbocycles. The van der Waals surface area contributed by atoms with Crippen LogP contribution < -0.4 is 10.6 Å². The van der Waals surface area contributed by atoms with E-state index in [0.29, 0.717) is 18.8 Å². The summed E-state index contributed by atoms with van der Waals surface area (Å²) in [5.74, 6) is -0.163. The monoisotopic (exact) mass is 259 g/mol. The van der Waals surface area contributed by atoms with Gasteiger partial charge in [0.1, 0.15) is 5.69 Å². The zero-order valence-electron chi connectivity index (χ0n) is 11.1. The number of hydrogen-bond acceptors (Lipinski definition) is 4. The van der Waals surface area contributed by atoms with Gasteiger partial charge in [-0.05, 0) is 25.1 Å². The van der Waals surface area contributed by atoms with E-state index in [0.717, 1.165) is 11.4 Å². The average Bonchev–Trinajstić information content (AvgIpc) is 2.83. The van der Waals surface area contributed by atoms with E-state index in [2.05, 4.69) is 20.7 Å². The Morgan fingerprint density at radius 3 is 2.95 bits per heavy atom. The van der Waals surface area contributed by atoms with E-state index >= 15 is 0 Å². The molecule has 0 spiro atoms. The number of aromatic nitrogens is 3. The molecule has 0 aliphatic rings. The third-order valence-corrected chi connectivity index (χ3v) is 2.57. The van der Waals surface area contributed by atoms with Gasteiger partial charge in [-0.2, -0.15) is 5.10 Å². The van der Waals surface area contributed by atoms with Gasteiger partial charge in [0.25, 0.3) is 5.91 Å². The summed E-state index contributed by atoms with van der Waals surface area (Å²) in [6.07, 6.45) is 3.51. The molecule has 1 amide bonds. The fourth-order valence-corrected chi connectivity index (χ4v) is 1.67. The molecule has 0 bridgehead atoms. The van der Waals surface area contributed by atoms with Crippen molar-refractivity contribution in [2.45, 2.75) is 13.5 Å². The van der Waals surface area contributed by atoms with Crippen LogP contribution in [0.5, 0.6) is 0 Å². The van der Waals surface area contributed by atoms with Crippen molar-refractivity contribution in [3.05, 3.63) is 42.0 Å².